The maximum Gasteiger partial charge on any atom is 0.264 e. The molecule has 40 heavy (non-hydrogen) atoms. The predicted molar refractivity (Wildman–Crippen MR) is 154 cm³/mol. The molecule has 2 aromatic carbocycles. The second-order valence-corrected chi connectivity index (χ2v) is 9.45. The lowest BCUT2D eigenvalue weighted by atomic mass is 10.0. The summed E-state index contributed by atoms with van der Waals surface area (Å²) >= 11 is 0. The Morgan fingerprint density at radius 3 is 2.60 bits per heavy atom. The van der Waals surface area contributed by atoms with E-state index in [1.54, 1.807) is 32.2 Å². The van der Waals surface area contributed by atoms with Crippen LogP contribution in [0.1, 0.15) is 40.1 Å². The van der Waals surface area contributed by atoms with Gasteiger partial charge in [0, 0.05) is 36.4 Å². The summed E-state index contributed by atoms with van der Waals surface area (Å²) in [6.45, 7) is 1.84. The summed E-state index contributed by atoms with van der Waals surface area (Å²) in [5, 5.41) is 12.7. The fraction of sp³-hybridized carbons (Fsp3) is 0.0968. The number of hydrogen-bond acceptors (Lipinski definition) is 5. The van der Waals surface area contributed by atoms with Crippen molar-refractivity contribution in [1.82, 2.24) is 29.3 Å². The number of nitrogen functional groups attached to an aromatic ring is 1. The molecule has 0 bridgehead atoms. The van der Waals surface area contributed by atoms with Crippen LogP contribution in [0.4, 0.5) is 5.82 Å². The lowest BCUT2D eigenvalue weighted by molar-refractivity contribution is 0.0941. The number of amides is 1. The van der Waals surface area contributed by atoms with E-state index < -0.39 is 6.04 Å². The van der Waals surface area contributed by atoms with Crippen LogP contribution in [-0.4, -0.2) is 29.9 Å². The number of carbonyl (C=O) groups is 1. The van der Waals surface area contributed by atoms with Crippen molar-refractivity contribution in [3.63, 3.8) is 0 Å². The van der Waals surface area contributed by atoms with E-state index in [-0.39, 0.29) is 22.8 Å². The number of hydrogen-bond donors (Lipinski definition) is 2. The molecule has 0 saturated heterocycles. The predicted octanol–water partition coefficient (Wildman–Crippen LogP) is 3.84. The molecule has 9 nitrogen and oxygen atoms in total. The summed E-state index contributed by atoms with van der Waals surface area (Å²) in [5.74, 6) is 6.00. The number of nitrogens with two attached hydrogens (primary N) is 1. The van der Waals surface area contributed by atoms with E-state index >= 15 is 0 Å². The van der Waals surface area contributed by atoms with Gasteiger partial charge in [-0.05, 0) is 48.7 Å². The van der Waals surface area contributed by atoms with Gasteiger partial charge in [0.15, 0.2) is 5.82 Å². The zero-order valence-electron chi connectivity index (χ0n) is 21.9. The number of benzene rings is 2. The average molecular weight is 528 g/mol. The van der Waals surface area contributed by atoms with Crippen molar-refractivity contribution in [3.8, 4) is 17.5 Å². The van der Waals surface area contributed by atoms with Crippen molar-refractivity contribution in [1.29, 1.82) is 0 Å². The van der Waals surface area contributed by atoms with Crippen LogP contribution in [0.3, 0.4) is 0 Å². The number of pyridine rings is 2. The molecule has 0 aliphatic rings. The zero-order chi connectivity index (χ0) is 27.8. The quantitative estimate of drug-likeness (QED) is 0.338. The van der Waals surface area contributed by atoms with Gasteiger partial charge in [-0.15, -0.1) is 5.10 Å². The fourth-order valence-electron chi connectivity index (χ4n) is 4.87. The molecule has 1 amide bonds. The highest BCUT2D eigenvalue weighted by atomic mass is 16.2. The maximum absolute atomic E-state index is 14.2. The van der Waals surface area contributed by atoms with E-state index in [9.17, 15) is 9.59 Å². The van der Waals surface area contributed by atoms with Gasteiger partial charge < -0.3 is 11.1 Å². The van der Waals surface area contributed by atoms with Crippen LogP contribution in [0.15, 0.2) is 96.2 Å². The molecular formula is C31H25N7O2. The minimum absolute atomic E-state index is 0.131. The zero-order valence-corrected chi connectivity index (χ0v) is 21.9. The molecule has 4 heterocycles. The second-order valence-electron chi connectivity index (χ2n) is 9.45. The molecule has 0 spiro atoms. The Hall–Kier alpha value is -5.62. The number of nitrogens with one attached hydrogen (secondary N) is 1. The molecule has 6 rings (SSSR count). The summed E-state index contributed by atoms with van der Waals surface area (Å²) < 4.78 is 4.87. The normalized spacial score (nSPS) is 11.8. The van der Waals surface area contributed by atoms with Crippen LogP contribution in [0, 0.1) is 11.8 Å². The molecule has 0 saturated carbocycles. The molecule has 9 heteroatoms. The SMILES string of the molecule is C[C@H](NC(=O)c1c(N)nn2ccccc12)c1cc2cccc(C#Cc3cnn(C)c3)c2c(=O)n1-c1ccccc1. The van der Waals surface area contributed by atoms with E-state index in [1.807, 2.05) is 86.9 Å². The smallest absolute Gasteiger partial charge is 0.264 e. The molecule has 0 aliphatic heterocycles. The summed E-state index contributed by atoms with van der Waals surface area (Å²) in [6.07, 6.45) is 5.23. The van der Waals surface area contributed by atoms with Gasteiger partial charge in [0.25, 0.3) is 11.5 Å². The summed E-state index contributed by atoms with van der Waals surface area (Å²) in [6, 6.07) is 21.7. The Morgan fingerprint density at radius 1 is 1.02 bits per heavy atom. The largest absolute Gasteiger partial charge is 0.382 e. The van der Waals surface area contributed by atoms with Crippen LogP contribution in [0.25, 0.3) is 22.0 Å². The Kier molecular flexibility index (Phi) is 6.13. The van der Waals surface area contributed by atoms with Gasteiger partial charge in [-0.2, -0.15) is 5.10 Å². The van der Waals surface area contributed by atoms with Crippen LogP contribution in [0.2, 0.25) is 0 Å². The van der Waals surface area contributed by atoms with Crippen LogP contribution in [-0.2, 0) is 7.05 Å². The topological polar surface area (TPSA) is 112 Å². The summed E-state index contributed by atoms with van der Waals surface area (Å²) in [7, 11) is 1.83. The molecular weight excluding hydrogens is 502 g/mol. The molecule has 6 aromatic rings. The minimum atomic E-state index is -0.548. The number of aryl methyl sites for hydroxylation is 1. The average Bonchev–Trinajstić information content (AvgIpc) is 3.53. The van der Waals surface area contributed by atoms with E-state index in [0.29, 0.717) is 27.8 Å². The standard InChI is InChI=1S/C31H25N7O2/c1-20(34-30(39)28-25-13-6-7-16-37(25)35-29(28)32)26-17-23-10-8-9-22(15-14-21-18-33-36(2)19-21)27(23)31(40)38(26)24-11-4-3-5-12-24/h3-13,16-20H,1-2H3,(H2,32,35)(H,34,39)/t20-/m0/s1. The van der Waals surface area contributed by atoms with E-state index in [4.69, 9.17) is 5.73 Å². The molecule has 4 aromatic heterocycles. The first-order valence-electron chi connectivity index (χ1n) is 12.7. The minimum Gasteiger partial charge on any atom is -0.382 e. The lowest BCUT2D eigenvalue weighted by Crippen LogP contribution is -2.32. The van der Waals surface area contributed by atoms with Gasteiger partial charge in [0.1, 0.15) is 5.56 Å². The van der Waals surface area contributed by atoms with Crippen molar-refractivity contribution in [3.05, 3.63) is 124 Å². The van der Waals surface area contributed by atoms with Gasteiger partial charge in [-0.3, -0.25) is 18.8 Å². The first-order chi connectivity index (χ1) is 19.4. The number of para-hydroxylation sites is 1. The van der Waals surface area contributed by atoms with Crippen LogP contribution in [0.5, 0.6) is 0 Å². The van der Waals surface area contributed by atoms with E-state index in [2.05, 4.69) is 27.4 Å². The Balaban J connectivity index is 1.48. The Morgan fingerprint density at radius 2 is 1.82 bits per heavy atom. The number of nitrogens with zero attached hydrogens (tertiary/aromatic N) is 5. The van der Waals surface area contributed by atoms with Gasteiger partial charge in [-0.25, -0.2) is 4.52 Å². The third-order valence-corrected chi connectivity index (χ3v) is 6.72. The monoisotopic (exact) mass is 527 g/mol. The number of aromatic nitrogens is 5. The Labute approximate surface area is 229 Å². The van der Waals surface area contributed by atoms with Crippen molar-refractivity contribution in [2.24, 2.45) is 7.05 Å². The molecule has 0 fully saturated rings. The molecule has 1 atom stereocenters. The van der Waals surface area contributed by atoms with Crippen molar-refractivity contribution in [2.45, 2.75) is 13.0 Å². The van der Waals surface area contributed by atoms with Crippen molar-refractivity contribution in [2.75, 3.05) is 5.73 Å². The third kappa shape index (κ3) is 4.37. The second kappa shape index (κ2) is 9.93. The molecule has 0 unspecified atom stereocenters. The highest BCUT2D eigenvalue weighted by Gasteiger charge is 2.23. The molecule has 3 N–H and O–H groups in total. The van der Waals surface area contributed by atoms with Crippen LogP contribution >= 0.6 is 0 Å². The van der Waals surface area contributed by atoms with E-state index in [1.165, 1.54) is 0 Å². The molecule has 0 radical (unpaired) electrons. The first kappa shape index (κ1) is 24.7. The van der Waals surface area contributed by atoms with E-state index in [0.717, 1.165) is 10.9 Å². The van der Waals surface area contributed by atoms with Crippen molar-refractivity contribution < 1.29 is 4.79 Å². The number of anilines is 1. The molecule has 0 aliphatic carbocycles. The van der Waals surface area contributed by atoms with Gasteiger partial charge in [0.2, 0.25) is 0 Å². The third-order valence-electron chi connectivity index (χ3n) is 6.72. The van der Waals surface area contributed by atoms with Gasteiger partial charge >= 0.3 is 0 Å². The summed E-state index contributed by atoms with van der Waals surface area (Å²) in [4.78, 5) is 27.6. The fourth-order valence-corrected chi connectivity index (χ4v) is 4.87. The highest BCUT2D eigenvalue weighted by Crippen LogP contribution is 2.25. The van der Waals surface area contributed by atoms with Gasteiger partial charge in [0.05, 0.1) is 28.7 Å². The number of carbonyl (C=O) groups excluding carboxylic acids is 1. The number of fused-ring (bicyclic) bond motifs is 2. The van der Waals surface area contributed by atoms with Crippen molar-refractivity contribution >= 4 is 28.0 Å². The first-order valence-corrected chi connectivity index (χ1v) is 12.7. The van der Waals surface area contributed by atoms with Crippen LogP contribution < -0.4 is 16.6 Å². The highest BCUT2D eigenvalue weighted by molar-refractivity contribution is 6.05. The Bertz CT molecular complexity index is 2020. The summed E-state index contributed by atoms with van der Waals surface area (Å²) in [5.41, 5.74) is 9.42. The van der Waals surface area contributed by atoms with Gasteiger partial charge in [-0.1, -0.05) is 48.2 Å². The lowest BCUT2D eigenvalue weighted by Gasteiger charge is -2.21. The number of rotatable bonds is 4. The molecule has 196 valence electrons. The maximum atomic E-state index is 14.2.